The number of hydrogen-bond acceptors (Lipinski definition) is 1. The molecule has 1 saturated carbocycles. The van der Waals surface area contributed by atoms with Crippen molar-refractivity contribution in [2.75, 3.05) is 6.54 Å². The maximum Gasteiger partial charge on any atom is 0.0205 e. The first-order chi connectivity index (χ1) is 9.43. The van der Waals surface area contributed by atoms with Crippen LogP contribution in [0.2, 0.25) is 0 Å². The molecule has 0 radical (unpaired) electrons. The van der Waals surface area contributed by atoms with Crippen molar-refractivity contribution in [2.24, 2.45) is 16.7 Å². The molecule has 106 valence electrons. The van der Waals surface area contributed by atoms with Crippen molar-refractivity contribution in [1.29, 1.82) is 0 Å². The summed E-state index contributed by atoms with van der Waals surface area (Å²) in [5, 5.41) is 6.29. The molecule has 0 spiro atoms. The average Bonchev–Trinajstić information content (AvgIpc) is 2.81. The van der Waals surface area contributed by atoms with Gasteiger partial charge in [-0.15, -0.1) is 0 Å². The summed E-state index contributed by atoms with van der Waals surface area (Å²) in [6.45, 7) is 11.6. The fourth-order valence-corrected chi connectivity index (χ4v) is 3.55. The van der Waals surface area contributed by atoms with Gasteiger partial charge >= 0.3 is 0 Å². The molecule has 0 heterocycles. The molecule has 3 rings (SSSR count). The molecule has 0 aromatic heterocycles. The summed E-state index contributed by atoms with van der Waals surface area (Å²) in [5.41, 5.74) is 2.33. The molecule has 0 aliphatic heterocycles. The maximum atomic E-state index is 3.64. The van der Waals surface area contributed by atoms with Gasteiger partial charge in [-0.3, -0.25) is 0 Å². The lowest BCUT2D eigenvalue weighted by molar-refractivity contribution is 0.457. The van der Waals surface area contributed by atoms with Crippen LogP contribution in [-0.2, 0) is 6.54 Å². The molecular formula is C19H25N. The summed E-state index contributed by atoms with van der Waals surface area (Å²) in [6.07, 6.45) is 0. The molecule has 0 amide bonds. The summed E-state index contributed by atoms with van der Waals surface area (Å²) in [4.78, 5) is 0. The molecule has 2 aromatic rings. The number of rotatable bonds is 4. The van der Waals surface area contributed by atoms with Gasteiger partial charge in [0.25, 0.3) is 0 Å². The first-order valence-electron chi connectivity index (χ1n) is 7.61. The fourth-order valence-electron chi connectivity index (χ4n) is 3.55. The minimum atomic E-state index is 0.476. The summed E-state index contributed by atoms with van der Waals surface area (Å²) < 4.78 is 0. The topological polar surface area (TPSA) is 12.0 Å². The SMILES string of the molecule is CC1(C)C(CNCc2ccc3ccccc3c2)C1(C)C. The summed E-state index contributed by atoms with van der Waals surface area (Å²) >= 11 is 0. The highest BCUT2D eigenvalue weighted by molar-refractivity contribution is 5.82. The van der Waals surface area contributed by atoms with E-state index >= 15 is 0 Å². The zero-order chi connectivity index (χ0) is 14.4. The molecule has 0 unspecified atom stereocenters. The lowest BCUT2D eigenvalue weighted by Crippen LogP contribution is -2.18. The third-order valence-corrected chi connectivity index (χ3v) is 5.81. The van der Waals surface area contributed by atoms with Crippen molar-refractivity contribution in [2.45, 2.75) is 34.2 Å². The van der Waals surface area contributed by atoms with Gasteiger partial charge in [0.2, 0.25) is 0 Å². The number of benzene rings is 2. The van der Waals surface area contributed by atoms with E-state index in [0.29, 0.717) is 10.8 Å². The molecule has 0 saturated heterocycles. The molecular weight excluding hydrogens is 242 g/mol. The van der Waals surface area contributed by atoms with Crippen molar-refractivity contribution in [3.05, 3.63) is 48.0 Å². The number of fused-ring (bicyclic) bond motifs is 1. The Morgan fingerprint density at radius 3 is 2.20 bits per heavy atom. The first-order valence-corrected chi connectivity index (χ1v) is 7.61. The molecule has 0 atom stereocenters. The second-order valence-electron chi connectivity index (χ2n) is 7.31. The second-order valence-corrected chi connectivity index (χ2v) is 7.31. The van der Waals surface area contributed by atoms with Crippen molar-refractivity contribution < 1.29 is 0 Å². The van der Waals surface area contributed by atoms with E-state index < -0.39 is 0 Å². The smallest absolute Gasteiger partial charge is 0.0205 e. The van der Waals surface area contributed by atoms with Crippen LogP contribution in [0.15, 0.2) is 42.5 Å². The molecule has 20 heavy (non-hydrogen) atoms. The standard InChI is InChI=1S/C19H25N/c1-18(2)17(19(18,3)4)13-20-12-14-9-10-15-7-5-6-8-16(15)11-14/h5-11,17,20H,12-13H2,1-4H3. The third kappa shape index (κ3) is 2.14. The van der Waals surface area contributed by atoms with Gasteiger partial charge in [0.05, 0.1) is 0 Å². The van der Waals surface area contributed by atoms with Crippen molar-refractivity contribution in [3.63, 3.8) is 0 Å². The molecule has 1 fully saturated rings. The van der Waals surface area contributed by atoms with Crippen LogP contribution in [-0.4, -0.2) is 6.54 Å². The van der Waals surface area contributed by atoms with Crippen LogP contribution in [0.3, 0.4) is 0 Å². The van der Waals surface area contributed by atoms with Gasteiger partial charge in [-0.2, -0.15) is 0 Å². The Hall–Kier alpha value is -1.34. The molecule has 1 heteroatoms. The highest BCUT2D eigenvalue weighted by Crippen LogP contribution is 2.67. The van der Waals surface area contributed by atoms with E-state index in [1.807, 2.05) is 0 Å². The van der Waals surface area contributed by atoms with Crippen LogP contribution in [0.25, 0.3) is 10.8 Å². The van der Waals surface area contributed by atoms with E-state index in [-0.39, 0.29) is 0 Å². The van der Waals surface area contributed by atoms with Gasteiger partial charge in [0, 0.05) is 6.54 Å². The lowest BCUT2D eigenvalue weighted by Gasteiger charge is -2.07. The fraction of sp³-hybridized carbons (Fsp3) is 0.474. The van der Waals surface area contributed by atoms with Gasteiger partial charge in [0.1, 0.15) is 0 Å². The molecule has 1 aliphatic rings. The summed E-state index contributed by atoms with van der Waals surface area (Å²) in [7, 11) is 0. The van der Waals surface area contributed by atoms with Gasteiger partial charge < -0.3 is 5.32 Å². The maximum absolute atomic E-state index is 3.64. The number of nitrogens with one attached hydrogen (secondary N) is 1. The van der Waals surface area contributed by atoms with Crippen LogP contribution >= 0.6 is 0 Å². The van der Waals surface area contributed by atoms with Crippen molar-refractivity contribution >= 4 is 10.8 Å². The van der Waals surface area contributed by atoms with E-state index in [1.54, 1.807) is 0 Å². The molecule has 0 bridgehead atoms. The lowest BCUT2D eigenvalue weighted by atomic mass is 10.0. The highest BCUT2D eigenvalue weighted by atomic mass is 14.9. The minimum absolute atomic E-state index is 0.476. The van der Waals surface area contributed by atoms with Gasteiger partial charge in [0.15, 0.2) is 0 Å². The molecule has 1 aliphatic carbocycles. The quantitative estimate of drug-likeness (QED) is 0.853. The highest BCUT2D eigenvalue weighted by Gasteiger charge is 2.63. The minimum Gasteiger partial charge on any atom is -0.312 e. The molecule has 1 N–H and O–H groups in total. The van der Waals surface area contributed by atoms with E-state index in [2.05, 4.69) is 75.5 Å². The third-order valence-electron chi connectivity index (χ3n) is 5.81. The Labute approximate surface area is 122 Å². The van der Waals surface area contributed by atoms with Crippen LogP contribution in [0.4, 0.5) is 0 Å². The largest absolute Gasteiger partial charge is 0.312 e. The first kappa shape index (κ1) is 13.6. The Morgan fingerprint density at radius 1 is 0.900 bits per heavy atom. The van der Waals surface area contributed by atoms with Crippen molar-refractivity contribution in [3.8, 4) is 0 Å². The number of hydrogen-bond donors (Lipinski definition) is 1. The van der Waals surface area contributed by atoms with Crippen LogP contribution in [0.1, 0.15) is 33.3 Å². The van der Waals surface area contributed by atoms with Crippen molar-refractivity contribution in [1.82, 2.24) is 5.32 Å². The normalized spacial score (nSPS) is 20.2. The van der Waals surface area contributed by atoms with E-state index in [9.17, 15) is 0 Å². The van der Waals surface area contributed by atoms with Crippen LogP contribution in [0.5, 0.6) is 0 Å². The van der Waals surface area contributed by atoms with Crippen LogP contribution < -0.4 is 5.32 Å². The second kappa shape index (κ2) is 4.60. The monoisotopic (exact) mass is 267 g/mol. The van der Waals surface area contributed by atoms with E-state index in [0.717, 1.165) is 19.0 Å². The predicted octanol–water partition coefficient (Wildman–Crippen LogP) is 4.61. The predicted molar refractivity (Wildman–Crippen MR) is 86.7 cm³/mol. The van der Waals surface area contributed by atoms with Crippen LogP contribution in [0, 0.1) is 16.7 Å². The summed E-state index contributed by atoms with van der Waals surface area (Å²) in [5.74, 6) is 0.787. The molecule has 2 aromatic carbocycles. The zero-order valence-electron chi connectivity index (χ0n) is 13.0. The molecule has 1 nitrogen and oxygen atoms in total. The van der Waals surface area contributed by atoms with E-state index in [1.165, 1.54) is 16.3 Å². The van der Waals surface area contributed by atoms with Gasteiger partial charge in [-0.1, -0.05) is 64.1 Å². The summed E-state index contributed by atoms with van der Waals surface area (Å²) in [6, 6.07) is 15.3. The zero-order valence-corrected chi connectivity index (χ0v) is 13.0. The Balaban J connectivity index is 1.61. The van der Waals surface area contributed by atoms with Gasteiger partial charge in [-0.05, 0) is 45.7 Å². The average molecular weight is 267 g/mol. The van der Waals surface area contributed by atoms with Gasteiger partial charge in [-0.25, -0.2) is 0 Å². The Kier molecular flexibility index (Phi) is 3.13. The Morgan fingerprint density at radius 2 is 1.55 bits per heavy atom. The Bertz CT molecular complexity index is 610. The van der Waals surface area contributed by atoms with E-state index in [4.69, 9.17) is 0 Å².